The fraction of sp³-hybridized carbons (Fsp3) is 0.296. The zero-order valence-electron chi connectivity index (χ0n) is 20.2. The van der Waals surface area contributed by atoms with E-state index in [2.05, 4.69) is 10.6 Å². The molecular formula is C27H31N3O3S. The largest absolute Gasteiger partial charge is 0.349 e. The van der Waals surface area contributed by atoms with Gasteiger partial charge in [0.05, 0.1) is 11.4 Å². The Balaban J connectivity index is 2.05. The molecule has 1 aromatic heterocycles. The maximum Gasteiger partial charge on any atom is 0.261 e. The summed E-state index contributed by atoms with van der Waals surface area (Å²) in [6, 6.07) is 17.6. The Hall–Kier alpha value is -3.45. The third-order valence-electron chi connectivity index (χ3n) is 5.16. The minimum atomic E-state index is -0.910. The first kappa shape index (κ1) is 25.2. The highest BCUT2D eigenvalue weighted by Crippen LogP contribution is 2.31. The summed E-state index contributed by atoms with van der Waals surface area (Å²) < 4.78 is 0. The molecule has 1 unspecified atom stereocenters. The van der Waals surface area contributed by atoms with Gasteiger partial charge < -0.3 is 10.6 Å². The molecule has 2 N–H and O–H groups in total. The van der Waals surface area contributed by atoms with Crippen LogP contribution in [0, 0.1) is 13.8 Å². The van der Waals surface area contributed by atoms with Crippen molar-refractivity contribution in [3.8, 4) is 0 Å². The maximum absolute atomic E-state index is 13.7. The number of aryl methyl sites for hydroxylation is 2. The van der Waals surface area contributed by atoms with E-state index in [1.807, 2.05) is 83.1 Å². The summed E-state index contributed by atoms with van der Waals surface area (Å²) in [5.41, 5.74) is 2.64. The van der Waals surface area contributed by atoms with Crippen LogP contribution in [-0.4, -0.2) is 29.8 Å². The van der Waals surface area contributed by atoms with Crippen molar-refractivity contribution < 1.29 is 14.4 Å². The second-order valence-electron chi connectivity index (χ2n) is 9.27. The number of rotatable bonds is 7. The Labute approximate surface area is 205 Å². The van der Waals surface area contributed by atoms with Gasteiger partial charge in [-0.25, -0.2) is 0 Å². The second-order valence-corrected chi connectivity index (χ2v) is 10.2. The van der Waals surface area contributed by atoms with Gasteiger partial charge in [-0.05, 0) is 68.8 Å². The fourth-order valence-corrected chi connectivity index (χ4v) is 4.26. The molecule has 0 fully saturated rings. The molecule has 0 spiro atoms. The van der Waals surface area contributed by atoms with E-state index in [9.17, 15) is 14.4 Å². The van der Waals surface area contributed by atoms with Gasteiger partial charge in [-0.1, -0.05) is 48.5 Å². The van der Waals surface area contributed by atoms with Crippen LogP contribution >= 0.6 is 11.3 Å². The van der Waals surface area contributed by atoms with Gasteiger partial charge in [0.2, 0.25) is 11.8 Å². The highest BCUT2D eigenvalue weighted by molar-refractivity contribution is 7.12. The van der Waals surface area contributed by atoms with Crippen LogP contribution in [0.15, 0.2) is 66.0 Å². The normalized spacial score (nSPS) is 12.0. The van der Waals surface area contributed by atoms with Crippen LogP contribution < -0.4 is 15.5 Å². The van der Waals surface area contributed by atoms with Gasteiger partial charge in [-0.2, -0.15) is 0 Å². The number of amides is 3. The number of thiophene rings is 1. The van der Waals surface area contributed by atoms with E-state index >= 15 is 0 Å². The Kier molecular flexibility index (Phi) is 7.89. The number of anilines is 1. The average molecular weight is 478 g/mol. The van der Waals surface area contributed by atoms with Crippen molar-refractivity contribution in [2.45, 2.75) is 46.2 Å². The minimum Gasteiger partial charge on any atom is -0.349 e. The first-order valence-electron chi connectivity index (χ1n) is 11.1. The van der Waals surface area contributed by atoms with Gasteiger partial charge in [-0.3, -0.25) is 19.3 Å². The number of benzene rings is 2. The fourth-order valence-electron chi connectivity index (χ4n) is 3.62. The highest BCUT2D eigenvalue weighted by Gasteiger charge is 2.35. The summed E-state index contributed by atoms with van der Waals surface area (Å²) in [4.78, 5) is 41.8. The SMILES string of the molecule is Cc1ccc(C)c(N(C(=O)CNC(=O)c2cccs2)C(C(=O)NC(C)(C)C)c2ccccc2)c1. The number of hydrogen-bond donors (Lipinski definition) is 2. The Morgan fingerprint density at radius 2 is 1.68 bits per heavy atom. The Morgan fingerprint density at radius 1 is 0.971 bits per heavy atom. The van der Waals surface area contributed by atoms with Crippen LogP contribution in [0.4, 0.5) is 5.69 Å². The summed E-state index contributed by atoms with van der Waals surface area (Å²) in [5.74, 6) is -0.992. The third-order valence-corrected chi connectivity index (χ3v) is 6.03. The molecule has 34 heavy (non-hydrogen) atoms. The summed E-state index contributed by atoms with van der Waals surface area (Å²) in [6.07, 6.45) is 0. The molecule has 7 heteroatoms. The van der Waals surface area contributed by atoms with Gasteiger partial charge in [0.15, 0.2) is 0 Å². The van der Waals surface area contributed by atoms with Crippen molar-refractivity contribution in [1.29, 1.82) is 0 Å². The number of nitrogens with zero attached hydrogens (tertiary/aromatic N) is 1. The van der Waals surface area contributed by atoms with Crippen molar-refractivity contribution in [2.24, 2.45) is 0 Å². The highest BCUT2D eigenvalue weighted by atomic mass is 32.1. The van der Waals surface area contributed by atoms with Gasteiger partial charge in [0.1, 0.15) is 6.04 Å². The topological polar surface area (TPSA) is 78.5 Å². The molecule has 0 aliphatic carbocycles. The summed E-state index contributed by atoms with van der Waals surface area (Å²) >= 11 is 1.31. The molecular weight excluding hydrogens is 446 g/mol. The van der Waals surface area contributed by atoms with Gasteiger partial charge in [0.25, 0.3) is 5.91 Å². The zero-order valence-corrected chi connectivity index (χ0v) is 21.0. The lowest BCUT2D eigenvalue weighted by Crippen LogP contribution is -2.51. The molecule has 0 bridgehead atoms. The standard InChI is InChI=1S/C27H31N3O3S/c1-18-13-14-19(2)21(16-18)30(23(31)17-28-25(32)22-12-9-15-34-22)24(20-10-7-6-8-11-20)26(33)29-27(3,4)5/h6-16,24H,17H2,1-5H3,(H,28,32)(H,29,33). The Morgan fingerprint density at radius 3 is 2.29 bits per heavy atom. The van der Waals surface area contributed by atoms with E-state index in [0.29, 0.717) is 16.1 Å². The molecule has 0 radical (unpaired) electrons. The van der Waals surface area contributed by atoms with Crippen molar-refractivity contribution in [1.82, 2.24) is 10.6 Å². The van der Waals surface area contributed by atoms with Crippen molar-refractivity contribution in [3.05, 3.63) is 87.6 Å². The van der Waals surface area contributed by atoms with Crippen LogP contribution in [0.1, 0.15) is 53.2 Å². The van der Waals surface area contributed by atoms with Gasteiger partial charge in [0, 0.05) is 11.2 Å². The summed E-state index contributed by atoms with van der Waals surface area (Å²) in [5, 5.41) is 7.54. The number of nitrogens with one attached hydrogen (secondary N) is 2. The predicted octanol–water partition coefficient (Wildman–Crippen LogP) is 4.78. The van der Waals surface area contributed by atoms with Crippen LogP contribution in [0.3, 0.4) is 0 Å². The van der Waals surface area contributed by atoms with E-state index in [0.717, 1.165) is 11.1 Å². The van der Waals surface area contributed by atoms with E-state index in [1.165, 1.54) is 16.2 Å². The van der Waals surface area contributed by atoms with E-state index < -0.39 is 11.6 Å². The molecule has 0 saturated carbocycles. The molecule has 0 aliphatic heterocycles. The summed E-state index contributed by atoms with van der Waals surface area (Å²) in [6.45, 7) is 9.31. The molecule has 6 nitrogen and oxygen atoms in total. The third kappa shape index (κ3) is 6.32. The average Bonchev–Trinajstić information content (AvgIpc) is 3.32. The lowest BCUT2D eigenvalue weighted by Gasteiger charge is -2.34. The van der Waals surface area contributed by atoms with E-state index in [-0.39, 0.29) is 24.3 Å². The molecule has 3 amide bonds. The van der Waals surface area contributed by atoms with Crippen LogP contribution in [0.25, 0.3) is 0 Å². The second kappa shape index (κ2) is 10.7. The van der Waals surface area contributed by atoms with E-state index in [1.54, 1.807) is 17.5 Å². The quantitative estimate of drug-likeness (QED) is 0.514. The number of carbonyl (C=O) groups is 3. The molecule has 1 heterocycles. The molecule has 178 valence electrons. The van der Waals surface area contributed by atoms with Crippen molar-refractivity contribution in [3.63, 3.8) is 0 Å². The Bertz CT molecular complexity index is 1150. The number of hydrogen-bond acceptors (Lipinski definition) is 4. The molecule has 3 rings (SSSR count). The lowest BCUT2D eigenvalue weighted by molar-refractivity contribution is -0.127. The minimum absolute atomic E-state index is 0.240. The van der Waals surface area contributed by atoms with Crippen LogP contribution in [0.5, 0.6) is 0 Å². The zero-order chi connectivity index (χ0) is 24.9. The van der Waals surface area contributed by atoms with Crippen molar-refractivity contribution in [2.75, 3.05) is 11.4 Å². The van der Waals surface area contributed by atoms with Gasteiger partial charge in [-0.15, -0.1) is 11.3 Å². The van der Waals surface area contributed by atoms with Gasteiger partial charge >= 0.3 is 0 Å². The monoisotopic (exact) mass is 477 g/mol. The van der Waals surface area contributed by atoms with Crippen LogP contribution in [-0.2, 0) is 9.59 Å². The molecule has 0 saturated heterocycles. The van der Waals surface area contributed by atoms with E-state index in [4.69, 9.17) is 0 Å². The number of carbonyl (C=O) groups excluding carboxylic acids is 3. The van der Waals surface area contributed by atoms with Crippen molar-refractivity contribution >= 4 is 34.7 Å². The molecule has 1 atom stereocenters. The molecule has 0 aliphatic rings. The maximum atomic E-state index is 13.7. The predicted molar refractivity (Wildman–Crippen MR) is 137 cm³/mol. The molecule has 3 aromatic rings. The first-order valence-corrected chi connectivity index (χ1v) is 12.0. The van der Waals surface area contributed by atoms with Crippen LogP contribution in [0.2, 0.25) is 0 Å². The summed E-state index contributed by atoms with van der Waals surface area (Å²) in [7, 11) is 0. The lowest BCUT2D eigenvalue weighted by atomic mass is 9.99. The first-order chi connectivity index (χ1) is 16.1. The smallest absolute Gasteiger partial charge is 0.261 e. The molecule has 2 aromatic carbocycles.